The lowest BCUT2D eigenvalue weighted by Gasteiger charge is -2.12. The predicted molar refractivity (Wildman–Crippen MR) is 76.9 cm³/mol. The van der Waals surface area contributed by atoms with Crippen molar-refractivity contribution in [2.75, 3.05) is 26.1 Å². The number of nitrogens with zero attached hydrogens (tertiary/aromatic N) is 1. The van der Waals surface area contributed by atoms with Crippen molar-refractivity contribution in [2.24, 2.45) is 0 Å². The molecule has 0 aliphatic rings. The van der Waals surface area contributed by atoms with Crippen LogP contribution in [0.4, 0.5) is 5.69 Å². The summed E-state index contributed by atoms with van der Waals surface area (Å²) in [7, 11) is 5.82. The van der Waals surface area contributed by atoms with Gasteiger partial charge >= 0.3 is 0 Å². The molecule has 0 fully saturated rings. The van der Waals surface area contributed by atoms with Gasteiger partial charge in [0, 0.05) is 26.9 Å². The molecule has 0 amide bonds. The average Bonchev–Trinajstić information content (AvgIpc) is 2.40. The predicted octanol–water partition coefficient (Wildman–Crippen LogP) is 3.57. The van der Waals surface area contributed by atoms with Crippen molar-refractivity contribution in [2.45, 2.75) is 6.61 Å². The van der Waals surface area contributed by atoms with Crippen molar-refractivity contribution in [1.82, 2.24) is 0 Å². The minimum atomic E-state index is 0.667. The zero-order valence-electron chi connectivity index (χ0n) is 11.2. The lowest BCUT2D eigenvalue weighted by molar-refractivity contribution is 0.185. The molecule has 0 aromatic heterocycles. The van der Waals surface area contributed by atoms with Crippen molar-refractivity contribution in [3.63, 3.8) is 0 Å². The van der Waals surface area contributed by atoms with Crippen LogP contribution in [0.5, 0.6) is 0 Å². The maximum absolute atomic E-state index is 5.11. The first-order chi connectivity index (χ1) is 8.70. The highest BCUT2D eigenvalue weighted by molar-refractivity contribution is 5.66. The molecule has 2 rings (SSSR count). The molecule has 0 saturated heterocycles. The van der Waals surface area contributed by atoms with E-state index in [1.807, 2.05) is 0 Å². The summed E-state index contributed by atoms with van der Waals surface area (Å²) in [6.07, 6.45) is 0. The molecule has 0 aliphatic heterocycles. The van der Waals surface area contributed by atoms with E-state index in [0.29, 0.717) is 6.61 Å². The smallest absolute Gasteiger partial charge is 0.0713 e. The van der Waals surface area contributed by atoms with Crippen LogP contribution in [-0.2, 0) is 11.3 Å². The van der Waals surface area contributed by atoms with E-state index in [1.54, 1.807) is 7.11 Å². The first kappa shape index (κ1) is 12.7. The first-order valence-corrected chi connectivity index (χ1v) is 6.06. The molecule has 0 heterocycles. The molecule has 0 bridgehead atoms. The Morgan fingerprint density at radius 1 is 0.833 bits per heavy atom. The minimum Gasteiger partial charge on any atom is -0.380 e. The number of rotatable bonds is 4. The van der Waals surface area contributed by atoms with Crippen molar-refractivity contribution < 1.29 is 4.74 Å². The molecule has 2 nitrogen and oxygen atoms in total. The van der Waals surface area contributed by atoms with E-state index in [2.05, 4.69) is 67.5 Å². The second kappa shape index (κ2) is 5.69. The quantitative estimate of drug-likeness (QED) is 0.811. The summed E-state index contributed by atoms with van der Waals surface area (Å²) in [5, 5.41) is 0. The largest absolute Gasteiger partial charge is 0.380 e. The average molecular weight is 241 g/mol. The Morgan fingerprint density at radius 3 is 1.78 bits per heavy atom. The third kappa shape index (κ3) is 2.90. The Morgan fingerprint density at radius 2 is 1.33 bits per heavy atom. The molecule has 94 valence electrons. The molecule has 2 heteroatoms. The fourth-order valence-corrected chi connectivity index (χ4v) is 1.91. The van der Waals surface area contributed by atoms with Crippen molar-refractivity contribution in [3.05, 3.63) is 54.1 Å². The highest BCUT2D eigenvalue weighted by atomic mass is 16.5. The van der Waals surface area contributed by atoms with E-state index in [9.17, 15) is 0 Å². The molecule has 0 aliphatic carbocycles. The van der Waals surface area contributed by atoms with Crippen LogP contribution in [-0.4, -0.2) is 21.2 Å². The van der Waals surface area contributed by atoms with Gasteiger partial charge in [-0.2, -0.15) is 0 Å². The van der Waals surface area contributed by atoms with Gasteiger partial charge in [-0.1, -0.05) is 36.4 Å². The van der Waals surface area contributed by atoms with E-state index in [4.69, 9.17) is 4.74 Å². The van der Waals surface area contributed by atoms with Gasteiger partial charge in [0.15, 0.2) is 0 Å². The van der Waals surface area contributed by atoms with Crippen LogP contribution in [0.1, 0.15) is 5.56 Å². The summed E-state index contributed by atoms with van der Waals surface area (Å²) < 4.78 is 5.11. The molecule has 2 aromatic carbocycles. The monoisotopic (exact) mass is 241 g/mol. The number of hydrogen-bond acceptors (Lipinski definition) is 2. The Hall–Kier alpha value is -1.80. The van der Waals surface area contributed by atoms with Gasteiger partial charge in [-0.25, -0.2) is 0 Å². The minimum absolute atomic E-state index is 0.667. The van der Waals surface area contributed by atoms with E-state index in [0.717, 1.165) is 0 Å². The molecule has 0 radical (unpaired) electrons. The standard InChI is InChI=1S/C16H19NO/c1-17(2)16-10-8-15(9-11-16)14-6-4-13(5-7-14)12-18-3/h4-11H,12H2,1-3H3. The van der Waals surface area contributed by atoms with Crippen LogP contribution in [0.2, 0.25) is 0 Å². The summed E-state index contributed by atoms with van der Waals surface area (Å²) >= 11 is 0. The van der Waals surface area contributed by atoms with Crippen LogP contribution in [0.3, 0.4) is 0 Å². The molecule has 0 atom stereocenters. The summed E-state index contributed by atoms with van der Waals surface area (Å²) in [6.45, 7) is 0.667. The second-order valence-electron chi connectivity index (χ2n) is 4.57. The van der Waals surface area contributed by atoms with Gasteiger partial charge in [0.05, 0.1) is 6.61 Å². The van der Waals surface area contributed by atoms with E-state index < -0.39 is 0 Å². The topological polar surface area (TPSA) is 12.5 Å². The third-order valence-corrected chi connectivity index (χ3v) is 2.98. The van der Waals surface area contributed by atoms with Gasteiger partial charge in [-0.3, -0.25) is 0 Å². The Kier molecular flexibility index (Phi) is 4.00. The fraction of sp³-hybridized carbons (Fsp3) is 0.250. The van der Waals surface area contributed by atoms with Crippen molar-refractivity contribution in [1.29, 1.82) is 0 Å². The maximum Gasteiger partial charge on any atom is 0.0713 e. The van der Waals surface area contributed by atoms with E-state index in [-0.39, 0.29) is 0 Å². The zero-order valence-corrected chi connectivity index (χ0v) is 11.2. The first-order valence-electron chi connectivity index (χ1n) is 6.06. The number of benzene rings is 2. The summed E-state index contributed by atoms with van der Waals surface area (Å²) in [5.74, 6) is 0. The third-order valence-electron chi connectivity index (χ3n) is 2.98. The SMILES string of the molecule is COCc1ccc(-c2ccc(N(C)C)cc2)cc1. The van der Waals surface area contributed by atoms with E-state index in [1.165, 1.54) is 22.4 Å². The van der Waals surface area contributed by atoms with Crippen molar-refractivity contribution in [3.8, 4) is 11.1 Å². The number of ether oxygens (including phenoxy) is 1. The zero-order chi connectivity index (χ0) is 13.0. The molecular weight excluding hydrogens is 222 g/mol. The Labute approximate surface area is 109 Å². The Balaban J connectivity index is 2.20. The Bertz CT molecular complexity index is 486. The maximum atomic E-state index is 5.11. The molecular formula is C16H19NO. The summed E-state index contributed by atoms with van der Waals surface area (Å²) in [6, 6.07) is 17.1. The highest BCUT2D eigenvalue weighted by Crippen LogP contribution is 2.22. The summed E-state index contributed by atoms with van der Waals surface area (Å²) in [5.41, 5.74) is 4.89. The van der Waals surface area contributed by atoms with Crippen LogP contribution in [0.25, 0.3) is 11.1 Å². The van der Waals surface area contributed by atoms with Crippen LogP contribution >= 0.6 is 0 Å². The molecule has 2 aromatic rings. The number of methoxy groups -OCH3 is 1. The van der Waals surface area contributed by atoms with Crippen molar-refractivity contribution >= 4 is 5.69 Å². The highest BCUT2D eigenvalue weighted by Gasteiger charge is 1.99. The molecule has 0 saturated carbocycles. The lowest BCUT2D eigenvalue weighted by Crippen LogP contribution is -2.07. The molecule has 0 N–H and O–H groups in total. The van der Waals surface area contributed by atoms with Gasteiger partial charge in [0.2, 0.25) is 0 Å². The molecule has 0 spiro atoms. The van der Waals surface area contributed by atoms with Gasteiger partial charge < -0.3 is 9.64 Å². The van der Waals surface area contributed by atoms with Gasteiger partial charge in [0.25, 0.3) is 0 Å². The lowest BCUT2D eigenvalue weighted by atomic mass is 10.0. The van der Waals surface area contributed by atoms with Gasteiger partial charge in [-0.15, -0.1) is 0 Å². The van der Waals surface area contributed by atoms with Crippen LogP contribution in [0, 0.1) is 0 Å². The summed E-state index contributed by atoms with van der Waals surface area (Å²) in [4.78, 5) is 2.10. The van der Waals surface area contributed by atoms with Crippen LogP contribution < -0.4 is 4.90 Å². The number of hydrogen-bond donors (Lipinski definition) is 0. The van der Waals surface area contributed by atoms with Gasteiger partial charge in [0.1, 0.15) is 0 Å². The van der Waals surface area contributed by atoms with E-state index >= 15 is 0 Å². The van der Waals surface area contributed by atoms with Crippen LogP contribution in [0.15, 0.2) is 48.5 Å². The normalized spacial score (nSPS) is 10.4. The second-order valence-corrected chi connectivity index (χ2v) is 4.57. The molecule has 0 unspecified atom stereocenters. The fourth-order valence-electron chi connectivity index (χ4n) is 1.91. The molecule has 18 heavy (non-hydrogen) atoms. The van der Waals surface area contributed by atoms with Gasteiger partial charge in [-0.05, 0) is 28.8 Å². The number of anilines is 1.